The highest BCUT2D eigenvalue weighted by Gasteiger charge is 2.14. The second-order valence-electron chi connectivity index (χ2n) is 5.55. The fraction of sp³-hybridized carbons (Fsp3) is 0.400. The molecule has 0 fully saturated rings. The quantitative estimate of drug-likeness (QED) is 0.889. The van der Waals surface area contributed by atoms with Crippen LogP contribution in [0.25, 0.3) is 0 Å². The van der Waals surface area contributed by atoms with Crippen molar-refractivity contribution in [1.82, 2.24) is 14.5 Å². The van der Waals surface area contributed by atoms with Crippen LogP contribution in [0.3, 0.4) is 0 Å². The molecule has 21 heavy (non-hydrogen) atoms. The van der Waals surface area contributed by atoms with E-state index in [-0.39, 0.29) is 11.4 Å². The first kappa shape index (κ1) is 15.7. The van der Waals surface area contributed by atoms with Gasteiger partial charge in [-0.1, -0.05) is 26.0 Å². The van der Waals surface area contributed by atoms with Crippen LogP contribution in [-0.4, -0.2) is 18.2 Å². The number of aromatic nitrogens is 2. The Morgan fingerprint density at radius 2 is 1.86 bits per heavy atom. The van der Waals surface area contributed by atoms with Crippen molar-refractivity contribution in [2.45, 2.75) is 31.7 Å². The monoisotopic (exact) mass is 307 g/mol. The molecule has 1 aromatic carbocycles. The molecule has 0 aliphatic heterocycles. The topological polar surface area (TPSA) is 64.0 Å². The van der Waals surface area contributed by atoms with E-state index in [4.69, 9.17) is 0 Å². The summed E-state index contributed by atoms with van der Waals surface area (Å²) in [7, 11) is -1.70. The first-order chi connectivity index (χ1) is 9.87. The van der Waals surface area contributed by atoms with E-state index in [1.165, 1.54) is 0 Å². The Labute approximate surface area is 126 Å². The van der Waals surface area contributed by atoms with Crippen molar-refractivity contribution < 1.29 is 8.42 Å². The molecule has 2 rings (SSSR count). The third-order valence-corrected chi connectivity index (χ3v) is 4.51. The highest BCUT2D eigenvalue weighted by Crippen LogP contribution is 2.13. The van der Waals surface area contributed by atoms with Gasteiger partial charge in [0, 0.05) is 13.2 Å². The van der Waals surface area contributed by atoms with Gasteiger partial charge in [-0.15, -0.1) is 0 Å². The average Bonchev–Trinajstić information content (AvgIpc) is 2.82. The summed E-state index contributed by atoms with van der Waals surface area (Å²) in [6, 6.07) is 8.83. The van der Waals surface area contributed by atoms with E-state index < -0.39 is 10.0 Å². The molecule has 6 heteroatoms. The molecule has 0 aliphatic carbocycles. The zero-order valence-corrected chi connectivity index (χ0v) is 13.4. The summed E-state index contributed by atoms with van der Waals surface area (Å²) in [4.78, 5) is 0.283. The maximum absolute atomic E-state index is 12.2. The molecule has 0 spiro atoms. The molecule has 2 aromatic rings. The Bertz CT molecular complexity index is 688. The average molecular weight is 307 g/mol. The van der Waals surface area contributed by atoms with Crippen molar-refractivity contribution in [3.8, 4) is 0 Å². The van der Waals surface area contributed by atoms with E-state index in [0.717, 1.165) is 12.0 Å². The molecule has 0 amide bonds. The number of nitrogens with one attached hydrogen (secondary N) is 1. The van der Waals surface area contributed by atoms with Crippen LogP contribution in [0.2, 0.25) is 0 Å². The predicted octanol–water partition coefficient (Wildman–Crippen LogP) is 2.10. The van der Waals surface area contributed by atoms with Gasteiger partial charge in [0.25, 0.3) is 0 Å². The number of nitrogens with zero attached hydrogens (tertiary/aromatic N) is 2. The van der Waals surface area contributed by atoms with Crippen LogP contribution in [-0.2, 0) is 30.0 Å². The summed E-state index contributed by atoms with van der Waals surface area (Å²) in [5, 5.41) is 4.14. The van der Waals surface area contributed by atoms with Crippen LogP contribution in [0, 0.1) is 5.92 Å². The summed E-state index contributed by atoms with van der Waals surface area (Å²) in [5.41, 5.74) is 1.84. The van der Waals surface area contributed by atoms with Gasteiger partial charge < -0.3 is 0 Å². The second-order valence-corrected chi connectivity index (χ2v) is 7.31. The van der Waals surface area contributed by atoms with Gasteiger partial charge in [0.2, 0.25) is 10.0 Å². The molecule has 1 N–H and O–H groups in total. The third-order valence-electron chi connectivity index (χ3n) is 3.09. The number of benzene rings is 1. The Hall–Kier alpha value is -1.66. The minimum absolute atomic E-state index is 0.191. The normalized spacial score (nSPS) is 12.0. The fourth-order valence-electron chi connectivity index (χ4n) is 2.09. The van der Waals surface area contributed by atoms with Crippen LogP contribution >= 0.6 is 0 Å². The number of aryl methyl sites for hydroxylation is 1. The van der Waals surface area contributed by atoms with E-state index in [9.17, 15) is 8.42 Å². The number of rotatable bonds is 6. The summed E-state index contributed by atoms with van der Waals surface area (Å²) in [6.45, 7) is 4.47. The van der Waals surface area contributed by atoms with Crippen molar-refractivity contribution in [3.05, 3.63) is 47.8 Å². The lowest BCUT2D eigenvalue weighted by molar-refractivity contribution is 0.579. The van der Waals surface area contributed by atoms with Crippen molar-refractivity contribution in [2.75, 3.05) is 0 Å². The number of hydrogen-bond donors (Lipinski definition) is 1. The van der Waals surface area contributed by atoms with Crippen LogP contribution < -0.4 is 4.72 Å². The zero-order chi connectivity index (χ0) is 15.5. The maximum Gasteiger partial charge on any atom is 0.240 e. The first-order valence-electron chi connectivity index (χ1n) is 6.94. The Morgan fingerprint density at radius 3 is 2.38 bits per heavy atom. The molecule has 0 unspecified atom stereocenters. The highest BCUT2D eigenvalue weighted by atomic mass is 32.2. The van der Waals surface area contributed by atoms with E-state index in [2.05, 4.69) is 23.7 Å². The van der Waals surface area contributed by atoms with Crippen LogP contribution in [0.15, 0.2) is 41.4 Å². The molecule has 0 aliphatic rings. The van der Waals surface area contributed by atoms with Crippen molar-refractivity contribution in [3.63, 3.8) is 0 Å². The van der Waals surface area contributed by atoms with E-state index in [0.29, 0.717) is 11.6 Å². The Kier molecular flexibility index (Phi) is 4.80. The Balaban J connectivity index is 2.05. The van der Waals surface area contributed by atoms with Gasteiger partial charge in [-0.05, 0) is 36.1 Å². The van der Waals surface area contributed by atoms with Crippen molar-refractivity contribution in [1.29, 1.82) is 0 Å². The lowest BCUT2D eigenvalue weighted by Gasteiger charge is -2.08. The van der Waals surface area contributed by atoms with Gasteiger partial charge in [-0.3, -0.25) is 4.68 Å². The first-order valence-corrected chi connectivity index (χ1v) is 8.42. The van der Waals surface area contributed by atoms with Gasteiger partial charge in [-0.2, -0.15) is 5.10 Å². The fourth-order valence-corrected chi connectivity index (χ4v) is 3.08. The van der Waals surface area contributed by atoms with Gasteiger partial charge in [0.1, 0.15) is 0 Å². The van der Waals surface area contributed by atoms with Crippen molar-refractivity contribution >= 4 is 10.0 Å². The van der Waals surface area contributed by atoms with Crippen LogP contribution in [0.4, 0.5) is 0 Å². The molecular weight excluding hydrogens is 286 g/mol. The SMILES string of the molecule is CC(C)Cc1ccc(S(=O)(=O)NCc2ccn(C)n2)cc1. The smallest absolute Gasteiger partial charge is 0.240 e. The minimum Gasteiger partial charge on any atom is -0.276 e. The second kappa shape index (κ2) is 6.41. The van der Waals surface area contributed by atoms with Crippen molar-refractivity contribution in [2.24, 2.45) is 13.0 Å². The molecule has 114 valence electrons. The molecule has 5 nitrogen and oxygen atoms in total. The summed E-state index contributed by atoms with van der Waals surface area (Å²) in [6.07, 6.45) is 2.73. The molecule has 1 aromatic heterocycles. The lowest BCUT2D eigenvalue weighted by Crippen LogP contribution is -2.23. The van der Waals surface area contributed by atoms with Gasteiger partial charge in [0.15, 0.2) is 0 Å². The van der Waals surface area contributed by atoms with Crippen LogP contribution in [0.1, 0.15) is 25.1 Å². The summed E-state index contributed by atoms with van der Waals surface area (Å²) in [5.74, 6) is 0.551. The van der Waals surface area contributed by atoms with Gasteiger partial charge >= 0.3 is 0 Å². The largest absolute Gasteiger partial charge is 0.276 e. The van der Waals surface area contributed by atoms with Gasteiger partial charge in [-0.25, -0.2) is 13.1 Å². The van der Waals surface area contributed by atoms with E-state index >= 15 is 0 Å². The highest BCUT2D eigenvalue weighted by molar-refractivity contribution is 7.89. The zero-order valence-electron chi connectivity index (χ0n) is 12.6. The number of sulfonamides is 1. The minimum atomic E-state index is -3.49. The Morgan fingerprint density at radius 1 is 1.19 bits per heavy atom. The molecule has 0 atom stereocenters. The molecule has 1 heterocycles. The molecule has 0 bridgehead atoms. The van der Waals surface area contributed by atoms with Crippen LogP contribution in [0.5, 0.6) is 0 Å². The van der Waals surface area contributed by atoms with E-state index in [1.807, 2.05) is 12.1 Å². The molecule has 0 radical (unpaired) electrons. The molecular formula is C15H21N3O2S. The van der Waals surface area contributed by atoms with E-state index in [1.54, 1.807) is 36.1 Å². The predicted molar refractivity (Wildman–Crippen MR) is 82.2 cm³/mol. The molecule has 0 saturated carbocycles. The van der Waals surface area contributed by atoms with Gasteiger partial charge in [0.05, 0.1) is 17.1 Å². The summed E-state index contributed by atoms with van der Waals surface area (Å²) < 4.78 is 28.6. The third kappa shape index (κ3) is 4.41. The maximum atomic E-state index is 12.2. The standard InChI is InChI=1S/C15H21N3O2S/c1-12(2)10-13-4-6-15(7-5-13)21(19,20)16-11-14-8-9-18(3)17-14/h4-9,12,16H,10-11H2,1-3H3. The summed E-state index contributed by atoms with van der Waals surface area (Å²) >= 11 is 0. The molecule has 0 saturated heterocycles. The number of hydrogen-bond acceptors (Lipinski definition) is 3. The lowest BCUT2D eigenvalue weighted by atomic mass is 10.0.